The van der Waals surface area contributed by atoms with Crippen LogP contribution in [0, 0.1) is 12.8 Å². The average Bonchev–Trinajstić information content (AvgIpc) is 2.64. The third-order valence-electron chi connectivity index (χ3n) is 3.58. The summed E-state index contributed by atoms with van der Waals surface area (Å²) < 4.78 is 0. The van der Waals surface area contributed by atoms with Crippen molar-refractivity contribution in [1.82, 2.24) is 10.9 Å². The molecule has 18 heavy (non-hydrogen) atoms. The van der Waals surface area contributed by atoms with Crippen LogP contribution < -0.4 is 16.2 Å². The van der Waals surface area contributed by atoms with Crippen LogP contribution in [0.15, 0.2) is 24.3 Å². The Labute approximate surface area is 108 Å². The van der Waals surface area contributed by atoms with E-state index < -0.39 is 0 Å². The first-order chi connectivity index (χ1) is 8.56. The highest BCUT2D eigenvalue weighted by atomic mass is 16.1. The van der Waals surface area contributed by atoms with Crippen molar-refractivity contribution in [3.05, 3.63) is 29.8 Å². The summed E-state index contributed by atoms with van der Waals surface area (Å²) in [4.78, 5) is 12.0. The van der Waals surface area contributed by atoms with E-state index in [4.69, 9.17) is 0 Å². The van der Waals surface area contributed by atoms with Gasteiger partial charge < -0.3 is 5.32 Å². The Hall–Kier alpha value is -1.39. The van der Waals surface area contributed by atoms with Gasteiger partial charge in [0.1, 0.15) is 0 Å². The van der Waals surface area contributed by atoms with Crippen molar-refractivity contribution in [3.8, 4) is 0 Å². The fourth-order valence-electron chi connectivity index (χ4n) is 2.33. The second-order valence-corrected chi connectivity index (χ2v) is 5.15. The lowest BCUT2D eigenvalue weighted by Crippen LogP contribution is -2.30. The Morgan fingerprint density at radius 1 is 1.17 bits per heavy atom. The maximum Gasteiger partial charge on any atom is 0.224 e. The quantitative estimate of drug-likeness (QED) is 0.763. The minimum atomic E-state index is 0.0769. The van der Waals surface area contributed by atoms with Crippen LogP contribution in [0.3, 0.4) is 0 Å². The van der Waals surface area contributed by atoms with E-state index in [1.54, 1.807) is 0 Å². The van der Waals surface area contributed by atoms with Crippen molar-refractivity contribution in [1.29, 1.82) is 0 Å². The lowest BCUT2D eigenvalue weighted by Gasteiger charge is -2.17. The van der Waals surface area contributed by atoms with Crippen molar-refractivity contribution in [2.75, 3.05) is 5.32 Å². The van der Waals surface area contributed by atoms with Crippen molar-refractivity contribution in [2.45, 2.75) is 39.3 Å². The highest BCUT2D eigenvalue weighted by Gasteiger charge is 2.31. The molecule has 0 aromatic heterocycles. The molecule has 1 amide bonds. The van der Waals surface area contributed by atoms with E-state index >= 15 is 0 Å². The zero-order valence-corrected chi connectivity index (χ0v) is 11.2. The molecule has 1 aliphatic heterocycles. The van der Waals surface area contributed by atoms with Gasteiger partial charge in [0.05, 0.1) is 0 Å². The number of hydrazine groups is 1. The van der Waals surface area contributed by atoms with Gasteiger partial charge in [-0.25, -0.2) is 0 Å². The predicted molar refractivity (Wildman–Crippen MR) is 73.1 cm³/mol. The molecule has 1 fully saturated rings. The van der Waals surface area contributed by atoms with Gasteiger partial charge in [-0.1, -0.05) is 17.7 Å². The fraction of sp³-hybridized carbons (Fsp3) is 0.500. The summed E-state index contributed by atoms with van der Waals surface area (Å²) in [5.74, 6) is 0.406. The first-order valence-corrected chi connectivity index (χ1v) is 6.44. The van der Waals surface area contributed by atoms with Gasteiger partial charge in [0.25, 0.3) is 0 Å². The molecule has 0 aliphatic carbocycles. The van der Waals surface area contributed by atoms with Crippen LogP contribution in [0.5, 0.6) is 0 Å². The van der Waals surface area contributed by atoms with Crippen LogP contribution in [-0.4, -0.2) is 18.0 Å². The van der Waals surface area contributed by atoms with Crippen molar-refractivity contribution < 1.29 is 4.79 Å². The number of hydrogen-bond donors (Lipinski definition) is 3. The van der Waals surface area contributed by atoms with Crippen molar-refractivity contribution in [2.24, 2.45) is 5.92 Å². The van der Waals surface area contributed by atoms with Gasteiger partial charge in [-0.05, 0) is 32.9 Å². The molecule has 1 aromatic carbocycles. The van der Waals surface area contributed by atoms with Crippen LogP contribution in [0.1, 0.15) is 25.8 Å². The summed E-state index contributed by atoms with van der Waals surface area (Å²) in [6.45, 7) is 6.23. The van der Waals surface area contributed by atoms with Gasteiger partial charge in [0, 0.05) is 30.1 Å². The summed E-state index contributed by atoms with van der Waals surface area (Å²) in [5.41, 5.74) is 8.39. The average molecular weight is 247 g/mol. The van der Waals surface area contributed by atoms with Gasteiger partial charge in [0.15, 0.2) is 0 Å². The van der Waals surface area contributed by atoms with E-state index in [1.165, 1.54) is 5.56 Å². The van der Waals surface area contributed by atoms with Crippen molar-refractivity contribution >= 4 is 11.6 Å². The number of carbonyl (C=O) groups is 1. The highest BCUT2D eigenvalue weighted by molar-refractivity contribution is 5.90. The summed E-state index contributed by atoms with van der Waals surface area (Å²) in [7, 11) is 0. The summed E-state index contributed by atoms with van der Waals surface area (Å²) in [6.07, 6.45) is 0.538. The molecule has 2 atom stereocenters. The second-order valence-electron chi connectivity index (χ2n) is 5.15. The minimum absolute atomic E-state index is 0.0769. The number of aryl methyl sites for hydroxylation is 1. The predicted octanol–water partition coefficient (Wildman–Crippen LogP) is 1.82. The zero-order valence-electron chi connectivity index (χ0n) is 11.2. The van der Waals surface area contributed by atoms with Gasteiger partial charge in [-0.15, -0.1) is 0 Å². The first-order valence-electron chi connectivity index (χ1n) is 6.44. The smallest absolute Gasteiger partial charge is 0.224 e. The van der Waals surface area contributed by atoms with E-state index in [-0.39, 0.29) is 5.91 Å². The van der Waals surface area contributed by atoms with Crippen LogP contribution >= 0.6 is 0 Å². The Bertz CT molecular complexity index is 406. The van der Waals surface area contributed by atoms with Gasteiger partial charge in [0.2, 0.25) is 5.91 Å². The summed E-state index contributed by atoms with van der Waals surface area (Å²) in [6, 6.07) is 8.52. The number of rotatable bonds is 3. The molecule has 2 rings (SSSR count). The molecule has 0 saturated carbocycles. The molecule has 1 aliphatic rings. The van der Waals surface area contributed by atoms with E-state index in [0.717, 1.165) is 5.69 Å². The van der Waals surface area contributed by atoms with Gasteiger partial charge >= 0.3 is 0 Å². The Kier molecular flexibility index (Phi) is 3.99. The Morgan fingerprint density at radius 2 is 1.72 bits per heavy atom. The largest absolute Gasteiger partial charge is 0.326 e. The summed E-state index contributed by atoms with van der Waals surface area (Å²) in [5, 5.41) is 2.94. The molecule has 4 nitrogen and oxygen atoms in total. The monoisotopic (exact) mass is 247 g/mol. The molecule has 98 valence electrons. The Morgan fingerprint density at radius 3 is 2.28 bits per heavy atom. The highest BCUT2D eigenvalue weighted by Crippen LogP contribution is 2.19. The maximum absolute atomic E-state index is 12.0. The molecule has 0 spiro atoms. The number of anilines is 1. The molecule has 3 N–H and O–H groups in total. The Balaban J connectivity index is 1.90. The number of amides is 1. The number of benzene rings is 1. The molecular weight excluding hydrogens is 226 g/mol. The lowest BCUT2D eigenvalue weighted by molar-refractivity contribution is -0.117. The first kappa shape index (κ1) is 13.1. The second kappa shape index (κ2) is 5.50. The van der Waals surface area contributed by atoms with Crippen LogP contribution in [0.2, 0.25) is 0 Å². The van der Waals surface area contributed by atoms with E-state index in [2.05, 4.69) is 30.0 Å². The molecule has 1 saturated heterocycles. The molecule has 4 heteroatoms. The molecule has 1 aromatic rings. The summed E-state index contributed by atoms with van der Waals surface area (Å²) >= 11 is 0. The van der Waals surface area contributed by atoms with Gasteiger partial charge in [-0.3, -0.25) is 15.6 Å². The van der Waals surface area contributed by atoms with Crippen LogP contribution in [-0.2, 0) is 4.79 Å². The lowest BCUT2D eigenvalue weighted by atomic mass is 9.93. The third-order valence-corrected chi connectivity index (χ3v) is 3.58. The standard InChI is InChI=1S/C14H21N3O/c1-9-4-6-12(7-5-9)15-14(18)8-13-10(2)16-17-11(13)3/h4-7,10-11,13,16-17H,8H2,1-3H3,(H,15,18). The number of hydrogen-bond acceptors (Lipinski definition) is 3. The zero-order chi connectivity index (χ0) is 13.1. The van der Waals surface area contributed by atoms with E-state index in [9.17, 15) is 4.79 Å². The topological polar surface area (TPSA) is 53.2 Å². The van der Waals surface area contributed by atoms with Gasteiger partial charge in [-0.2, -0.15) is 0 Å². The number of carbonyl (C=O) groups excluding carboxylic acids is 1. The normalized spacial score (nSPS) is 27.2. The number of nitrogens with one attached hydrogen (secondary N) is 3. The third kappa shape index (κ3) is 3.09. The molecule has 0 bridgehead atoms. The maximum atomic E-state index is 12.0. The minimum Gasteiger partial charge on any atom is -0.326 e. The SMILES string of the molecule is Cc1ccc(NC(=O)CC2C(C)NNC2C)cc1. The van der Waals surface area contributed by atoms with Crippen molar-refractivity contribution in [3.63, 3.8) is 0 Å². The molecule has 2 unspecified atom stereocenters. The molecule has 1 heterocycles. The molecular formula is C14H21N3O. The van der Waals surface area contributed by atoms with Crippen LogP contribution in [0.4, 0.5) is 5.69 Å². The molecule has 0 radical (unpaired) electrons. The fourth-order valence-corrected chi connectivity index (χ4v) is 2.33. The van der Waals surface area contributed by atoms with E-state index in [1.807, 2.05) is 31.2 Å². The van der Waals surface area contributed by atoms with E-state index in [0.29, 0.717) is 24.4 Å². The van der Waals surface area contributed by atoms with Crippen LogP contribution in [0.25, 0.3) is 0 Å².